The zero-order chi connectivity index (χ0) is 33.8. The predicted molar refractivity (Wildman–Crippen MR) is 167 cm³/mol. The van der Waals surface area contributed by atoms with Crippen molar-refractivity contribution in [1.29, 1.82) is 0 Å². The predicted octanol–water partition coefficient (Wildman–Crippen LogP) is 8.52. The third kappa shape index (κ3) is 12.1. The smallest absolute Gasteiger partial charge is 0.202 e. The number of nitrogens with one attached hydrogen (secondary N) is 1. The Hall–Kier alpha value is -0.660. The molecule has 268 valence electrons. The quantitative estimate of drug-likeness (QED) is 0.0886. The molecule has 45 heavy (non-hydrogen) atoms. The molecule has 0 unspecified atom stereocenters. The van der Waals surface area contributed by atoms with E-state index in [0.29, 0.717) is 6.61 Å². The molecule has 0 spiro atoms. The summed E-state index contributed by atoms with van der Waals surface area (Å²) in [5.74, 6) is 0.207. The Labute approximate surface area is 265 Å². The van der Waals surface area contributed by atoms with Gasteiger partial charge in [0, 0.05) is 0 Å². The largest absolute Gasteiger partial charge is 0.512 e. The second-order valence-electron chi connectivity index (χ2n) is 12.9. The summed E-state index contributed by atoms with van der Waals surface area (Å²) in [6.45, 7) is 2.93. The van der Waals surface area contributed by atoms with Crippen LogP contribution in [0.2, 0.25) is 0 Å². The topological polar surface area (TPSA) is 107 Å². The van der Waals surface area contributed by atoms with Gasteiger partial charge in [0.05, 0.1) is 0 Å². The number of rotatable bonds is 13. The number of alkyl halides is 6. The van der Waals surface area contributed by atoms with Crippen molar-refractivity contribution >= 4 is 33.3 Å². The van der Waals surface area contributed by atoms with E-state index in [1.54, 1.807) is 0 Å². The van der Waals surface area contributed by atoms with Crippen molar-refractivity contribution in [3.63, 3.8) is 0 Å². The summed E-state index contributed by atoms with van der Waals surface area (Å²) in [5, 5.41) is 0. The van der Waals surface area contributed by atoms with Gasteiger partial charge in [-0.3, -0.25) is 0 Å². The van der Waals surface area contributed by atoms with Crippen LogP contribution >= 0.6 is 7.26 Å². The number of hydrogen-bond donors (Lipinski definition) is 1. The van der Waals surface area contributed by atoms with Crippen molar-refractivity contribution in [3.05, 3.63) is 0 Å². The number of hydrogen-bond acceptors (Lipinski definition) is 6. The van der Waals surface area contributed by atoms with Crippen LogP contribution in [0, 0.1) is 0 Å². The molecule has 0 bridgehead atoms. The molecule has 3 aliphatic rings. The second kappa shape index (κ2) is 18.2. The minimum absolute atomic E-state index is 0.207. The molecule has 0 aliphatic heterocycles. The third-order valence-electron chi connectivity index (χ3n) is 9.89. The van der Waals surface area contributed by atoms with E-state index in [0.717, 1.165) is 29.6 Å². The molecule has 0 aromatic rings. The Morgan fingerprint density at radius 3 is 1.33 bits per heavy atom. The summed E-state index contributed by atoms with van der Waals surface area (Å²) >= 11 is 0. The molecule has 0 amide bonds. The molecule has 7 nitrogen and oxygen atoms in total. The standard InChI is InChI=1S/C27H51O2P.C2HF6NO4S2/c1-2-3-4-5-15-22-29-27(28)23-30(24-16-9-6-10-17-24,25-18-11-7-12-19-25)26-20-13-8-14-21-26;3-1(4,5)14(10,11)9-15(12,13)2(6,7)8/h24-26,30H,2-23H2,1H3;9H. The molecule has 0 heterocycles. The monoisotopic (exact) mass is 719 g/mol. The van der Waals surface area contributed by atoms with Crippen LogP contribution in [0.15, 0.2) is 0 Å². The fourth-order valence-corrected chi connectivity index (χ4v) is 17.6. The summed E-state index contributed by atoms with van der Waals surface area (Å²) in [6.07, 6.45) is 28.5. The van der Waals surface area contributed by atoms with Gasteiger partial charge in [-0.15, -0.1) is 0 Å². The summed E-state index contributed by atoms with van der Waals surface area (Å²) < 4.78 is 114. The number of ether oxygens (including phenoxy) is 1. The fourth-order valence-electron chi connectivity index (χ4n) is 7.78. The van der Waals surface area contributed by atoms with Crippen LogP contribution in [0.4, 0.5) is 26.3 Å². The minimum Gasteiger partial charge on any atom is -0.202 e. The molecule has 0 aromatic carbocycles. The van der Waals surface area contributed by atoms with Crippen LogP contribution < -0.4 is 4.13 Å². The number of halogens is 6. The van der Waals surface area contributed by atoms with Gasteiger partial charge < -0.3 is 0 Å². The number of carbonyl (C=O) groups is 1. The molecule has 3 aliphatic carbocycles. The second-order valence-corrected chi connectivity index (χ2v) is 21.5. The molecule has 0 atom stereocenters. The molecule has 0 aromatic heterocycles. The van der Waals surface area contributed by atoms with Crippen LogP contribution in [0.3, 0.4) is 0 Å². The summed E-state index contributed by atoms with van der Waals surface area (Å²) in [5.41, 5.74) is -9.56. The Kier molecular flexibility index (Phi) is 16.4. The molecule has 3 rings (SSSR count). The van der Waals surface area contributed by atoms with Gasteiger partial charge in [0.25, 0.3) is 0 Å². The fraction of sp³-hybridized carbons (Fsp3) is 0.966. The Morgan fingerprint density at radius 2 is 1.00 bits per heavy atom. The molecule has 0 radical (unpaired) electrons. The zero-order valence-corrected chi connectivity index (χ0v) is 29.0. The SMILES string of the molecule is CCCCCCCOC(=O)C[PH](C1CCCCC1)(C1CCCCC1)C1CCCCC1.O=S(=O)(NS(=O)(=O)C(F)(F)F)C(F)(F)F. The van der Waals surface area contributed by atoms with Crippen molar-refractivity contribution < 1.29 is 52.7 Å². The normalized spacial score (nSPS) is 20.7. The van der Waals surface area contributed by atoms with E-state index in [2.05, 4.69) is 6.92 Å². The average molecular weight is 720 g/mol. The first-order chi connectivity index (χ1) is 21.0. The summed E-state index contributed by atoms with van der Waals surface area (Å²) in [7, 11) is -14.9. The Morgan fingerprint density at radius 1 is 0.644 bits per heavy atom. The first-order valence-corrected chi connectivity index (χ1v) is 21.9. The van der Waals surface area contributed by atoms with Gasteiger partial charge in [-0.1, -0.05) is 4.13 Å². The van der Waals surface area contributed by atoms with E-state index in [1.807, 2.05) is 0 Å². The van der Waals surface area contributed by atoms with E-state index >= 15 is 0 Å². The van der Waals surface area contributed by atoms with Gasteiger partial charge >= 0.3 is 219 Å². The van der Waals surface area contributed by atoms with Crippen molar-refractivity contribution in [1.82, 2.24) is 4.13 Å². The molecule has 16 heteroatoms. The molecular weight excluding hydrogens is 667 g/mol. The Bertz CT molecular complexity index is 1010. The average Bonchev–Trinajstić information content (AvgIpc) is 2.98. The molecule has 3 saturated carbocycles. The van der Waals surface area contributed by atoms with Crippen LogP contribution in [-0.2, 0) is 29.6 Å². The van der Waals surface area contributed by atoms with E-state index in [9.17, 15) is 48.0 Å². The van der Waals surface area contributed by atoms with Crippen molar-refractivity contribution in [3.8, 4) is 0 Å². The maximum absolute atomic E-state index is 13.3. The maximum atomic E-state index is 13.3. The summed E-state index contributed by atoms with van der Waals surface area (Å²) in [6, 6.07) is 0. The van der Waals surface area contributed by atoms with E-state index < -0.39 is 42.5 Å². The number of unbranched alkanes of at least 4 members (excludes halogenated alkanes) is 4. The van der Waals surface area contributed by atoms with Gasteiger partial charge in [0.2, 0.25) is 0 Å². The first kappa shape index (κ1) is 40.5. The zero-order valence-electron chi connectivity index (χ0n) is 26.3. The van der Waals surface area contributed by atoms with Gasteiger partial charge in [-0.2, -0.15) is 26.3 Å². The number of carbonyl (C=O) groups excluding carboxylic acids is 1. The van der Waals surface area contributed by atoms with Crippen LogP contribution in [0.25, 0.3) is 0 Å². The molecule has 3 fully saturated rings. The van der Waals surface area contributed by atoms with Crippen LogP contribution in [0.5, 0.6) is 0 Å². The molecular formula is C29H52F6NO6PS2. The molecule has 0 saturated heterocycles. The van der Waals surface area contributed by atoms with Gasteiger partial charge in [0.15, 0.2) is 0 Å². The molecule has 1 N–H and O–H groups in total. The first-order valence-electron chi connectivity index (χ1n) is 16.5. The van der Waals surface area contributed by atoms with Crippen molar-refractivity contribution in [2.24, 2.45) is 0 Å². The van der Waals surface area contributed by atoms with Crippen LogP contribution in [-0.4, -0.2) is 63.6 Å². The van der Waals surface area contributed by atoms with Gasteiger partial charge in [0.1, 0.15) is 0 Å². The number of esters is 1. The maximum Gasteiger partial charge on any atom is 0.512 e. The minimum atomic E-state index is -6.60. The third-order valence-corrected chi connectivity index (χ3v) is 20.1. The Balaban J connectivity index is 0.000000399. The van der Waals surface area contributed by atoms with E-state index in [-0.39, 0.29) is 5.97 Å². The van der Waals surface area contributed by atoms with Gasteiger partial charge in [-0.05, 0) is 0 Å². The summed E-state index contributed by atoms with van der Waals surface area (Å²) in [4.78, 5) is 13.3. The van der Waals surface area contributed by atoms with E-state index in [1.165, 1.54) is 122 Å². The van der Waals surface area contributed by atoms with Crippen LogP contribution in [0.1, 0.15) is 135 Å². The number of sulfonamides is 2. The van der Waals surface area contributed by atoms with E-state index in [4.69, 9.17) is 4.74 Å². The van der Waals surface area contributed by atoms with Crippen molar-refractivity contribution in [2.75, 3.05) is 12.8 Å². The van der Waals surface area contributed by atoms with Crippen molar-refractivity contribution in [2.45, 2.75) is 163 Å². The van der Waals surface area contributed by atoms with Gasteiger partial charge in [-0.25, -0.2) is 16.8 Å².